The standard InChI is InChI=1S/C15H17N3OS/c1-4-20-13-8-6-5-7-12(13)14(19)18-15-16-10(2)9-11(3)17-15/h5-9H,4H2,1-3H3,(H,16,17,18,19). The van der Waals surface area contributed by atoms with Crippen LogP contribution in [0.25, 0.3) is 0 Å². The summed E-state index contributed by atoms with van der Waals surface area (Å²) in [6.07, 6.45) is 0. The highest BCUT2D eigenvalue weighted by Gasteiger charge is 2.12. The number of anilines is 1. The number of hydrogen-bond donors (Lipinski definition) is 1. The van der Waals surface area contributed by atoms with E-state index in [4.69, 9.17) is 0 Å². The Balaban J connectivity index is 2.23. The minimum atomic E-state index is -0.174. The molecule has 0 saturated carbocycles. The second kappa shape index (κ2) is 6.52. The van der Waals surface area contributed by atoms with Gasteiger partial charge in [0.2, 0.25) is 5.95 Å². The van der Waals surface area contributed by atoms with Crippen LogP contribution in [0, 0.1) is 13.8 Å². The van der Waals surface area contributed by atoms with E-state index in [-0.39, 0.29) is 5.91 Å². The monoisotopic (exact) mass is 287 g/mol. The number of thioether (sulfide) groups is 1. The number of hydrogen-bond acceptors (Lipinski definition) is 4. The van der Waals surface area contributed by atoms with E-state index in [2.05, 4.69) is 22.2 Å². The van der Waals surface area contributed by atoms with Gasteiger partial charge < -0.3 is 0 Å². The maximum absolute atomic E-state index is 12.3. The topological polar surface area (TPSA) is 54.9 Å². The number of carbonyl (C=O) groups excluding carboxylic acids is 1. The third-order valence-electron chi connectivity index (χ3n) is 2.64. The Kier molecular flexibility index (Phi) is 4.74. The maximum atomic E-state index is 12.3. The van der Waals surface area contributed by atoms with Crippen molar-refractivity contribution < 1.29 is 4.79 Å². The number of rotatable bonds is 4. The van der Waals surface area contributed by atoms with E-state index in [9.17, 15) is 4.79 Å². The summed E-state index contributed by atoms with van der Waals surface area (Å²) in [5.41, 5.74) is 2.33. The summed E-state index contributed by atoms with van der Waals surface area (Å²) < 4.78 is 0. The van der Waals surface area contributed by atoms with E-state index in [1.807, 2.05) is 44.2 Å². The Morgan fingerprint density at radius 2 is 1.85 bits per heavy atom. The molecule has 2 rings (SSSR count). The first-order chi connectivity index (χ1) is 9.60. The summed E-state index contributed by atoms with van der Waals surface area (Å²) in [5, 5.41) is 2.76. The Hall–Kier alpha value is -1.88. The molecule has 0 aliphatic rings. The van der Waals surface area contributed by atoms with Gasteiger partial charge in [0, 0.05) is 16.3 Å². The summed E-state index contributed by atoms with van der Waals surface area (Å²) in [4.78, 5) is 21.7. The normalized spacial score (nSPS) is 10.3. The van der Waals surface area contributed by atoms with Crippen molar-refractivity contribution in [3.63, 3.8) is 0 Å². The summed E-state index contributed by atoms with van der Waals surface area (Å²) in [6.45, 7) is 5.82. The fourth-order valence-electron chi connectivity index (χ4n) is 1.89. The van der Waals surface area contributed by atoms with Crippen LogP contribution < -0.4 is 5.32 Å². The summed E-state index contributed by atoms with van der Waals surface area (Å²) in [5.74, 6) is 1.10. The van der Waals surface area contributed by atoms with Crippen LogP contribution in [-0.2, 0) is 0 Å². The number of amides is 1. The fourth-order valence-corrected chi connectivity index (χ4v) is 2.69. The average molecular weight is 287 g/mol. The van der Waals surface area contributed by atoms with Crippen LogP contribution in [0.2, 0.25) is 0 Å². The molecule has 0 unspecified atom stereocenters. The molecule has 2 aromatic rings. The lowest BCUT2D eigenvalue weighted by molar-refractivity contribution is 0.102. The quantitative estimate of drug-likeness (QED) is 0.875. The molecular weight excluding hydrogens is 270 g/mol. The molecule has 4 nitrogen and oxygen atoms in total. The molecule has 5 heteroatoms. The van der Waals surface area contributed by atoms with E-state index in [0.29, 0.717) is 11.5 Å². The van der Waals surface area contributed by atoms with Crippen molar-refractivity contribution in [2.45, 2.75) is 25.7 Å². The molecule has 0 bridgehead atoms. The number of carbonyl (C=O) groups is 1. The highest BCUT2D eigenvalue weighted by atomic mass is 32.2. The molecule has 0 spiro atoms. The number of nitrogens with zero attached hydrogens (tertiary/aromatic N) is 2. The van der Waals surface area contributed by atoms with Gasteiger partial charge in [-0.1, -0.05) is 19.1 Å². The molecule has 104 valence electrons. The Morgan fingerprint density at radius 3 is 2.50 bits per heavy atom. The molecular formula is C15H17N3OS. The van der Waals surface area contributed by atoms with Gasteiger partial charge in [-0.15, -0.1) is 11.8 Å². The van der Waals surface area contributed by atoms with Crippen LogP contribution in [0.3, 0.4) is 0 Å². The van der Waals surface area contributed by atoms with Crippen LogP contribution in [0.15, 0.2) is 35.2 Å². The number of nitrogens with one attached hydrogen (secondary N) is 1. The van der Waals surface area contributed by atoms with E-state index < -0.39 is 0 Å². The van der Waals surface area contributed by atoms with E-state index >= 15 is 0 Å². The summed E-state index contributed by atoms with van der Waals surface area (Å²) in [6, 6.07) is 9.43. The van der Waals surface area contributed by atoms with Crippen LogP contribution in [0.5, 0.6) is 0 Å². The van der Waals surface area contributed by atoms with E-state index in [0.717, 1.165) is 22.0 Å². The molecule has 0 aliphatic carbocycles. The van der Waals surface area contributed by atoms with Crippen molar-refractivity contribution in [3.8, 4) is 0 Å². The molecule has 20 heavy (non-hydrogen) atoms. The predicted molar refractivity (Wildman–Crippen MR) is 82.3 cm³/mol. The summed E-state index contributed by atoms with van der Waals surface area (Å²) >= 11 is 1.65. The van der Waals surface area contributed by atoms with Crippen molar-refractivity contribution in [1.82, 2.24) is 9.97 Å². The predicted octanol–water partition coefficient (Wildman–Crippen LogP) is 3.46. The van der Waals surface area contributed by atoms with Crippen LogP contribution in [0.4, 0.5) is 5.95 Å². The maximum Gasteiger partial charge on any atom is 0.259 e. The van der Waals surface area contributed by atoms with Crippen molar-refractivity contribution in [1.29, 1.82) is 0 Å². The van der Waals surface area contributed by atoms with Crippen LogP contribution >= 0.6 is 11.8 Å². The average Bonchev–Trinajstić information content (AvgIpc) is 2.38. The zero-order valence-corrected chi connectivity index (χ0v) is 12.6. The van der Waals surface area contributed by atoms with Gasteiger partial charge in [0.25, 0.3) is 5.91 Å². The number of benzene rings is 1. The van der Waals surface area contributed by atoms with Gasteiger partial charge in [0.1, 0.15) is 0 Å². The lowest BCUT2D eigenvalue weighted by Gasteiger charge is -2.09. The molecule has 1 amide bonds. The van der Waals surface area contributed by atoms with Crippen molar-refractivity contribution in [3.05, 3.63) is 47.3 Å². The number of aromatic nitrogens is 2. The lowest BCUT2D eigenvalue weighted by atomic mass is 10.2. The molecule has 1 N–H and O–H groups in total. The van der Waals surface area contributed by atoms with Gasteiger partial charge in [-0.2, -0.15) is 0 Å². The van der Waals surface area contributed by atoms with E-state index in [1.165, 1.54) is 0 Å². The van der Waals surface area contributed by atoms with Crippen LogP contribution in [0.1, 0.15) is 28.7 Å². The SMILES string of the molecule is CCSc1ccccc1C(=O)Nc1nc(C)cc(C)n1. The van der Waals surface area contributed by atoms with E-state index in [1.54, 1.807) is 11.8 Å². The molecule has 1 aromatic heterocycles. The Labute approximate surface area is 123 Å². The third-order valence-corrected chi connectivity index (χ3v) is 3.59. The number of aryl methyl sites for hydroxylation is 2. The highest BCUT2D eigenvalue weighted by Crippen LogP contribution is 2.22. The molecule has 1 heterocycles. The first-order valence-electron chi connectivity index (χ1n) is 6.45. The van der Waals surface area contributed by atoms with Gasteiger partial charge >= 0.3 is 0 Å². The minimum absolute atomic E-state index is 0.174. The second-order valence-corrected chi connectivity index (χ2v) is 5.66. The molecule has 0 fully saturated rings. The van der Waals surface area contributed by atoms with Crippen molar-refractivity contribution >= 4 is 23.6 Å². The van der Waals surface area contributed by atoms with Crippen molar-refractivity contribution in [2.75, 3.05) is 11.1 Å². The zero-order chi connectivity index (χ0) is 14.5. The molecule has 0 saturated heterocycles. The van der Waals surface area contributed by atoms with Gasteiger partial charge in [-0.05, 0) is 37.8 Å². The fraction of sp³-hybridized carbons (Fsp3) is 0.267. The molecule has 0 radical (unpaired) electrons. The Morgan fingerprint density at radius 1 is 1.20 bits per heavy atom. The first kappa shape index (κ1) is 14.5. The van der Waals surface area contributed by atoms with Gasteiger partial charge in [-0.3, -0.25) is 10.1 Å². The molecule has 0 atom stereocenters. The van der Waals surface area contributed by atoms with Gasteiger partial charge in [0.05, 0.1) is 5.56 Å². The second-order valence-electron chi connectivity index (χ2n) is 4.36. The van der Waals surface area contributed by atoms with Gasteiger partial charge in [-0.25, -0.2) is 9.97 Å². The van der Waals surface area contributed by atoms with Gasteiger partial charge in [0.15, 0.2) is 0 Å². The van der Waals surface area contributed by atoms with Crippen LogP contribution in [-0.4, -0.2) is 21.6 Å². The third kappa shape index (κ3) is 3.57. The lowest BCUT2D eigenvalue weighted by Crippen LogP contribution is -2.15. The molecule has 1 aromatic carbocycles. The Bertz CT molecular complexity index is 608. The van der Waals surface area contributed by atoms with Crippen molar-refractivity contribution in [2.24, 2.45) is 0 Å². The summed E-state index contributed by atoms with van der Waals surface area (Å²) in [7, 11) is 0. The molecule has 0 aliphatic heterocycles. The highest BCUT2D eigenvalue weighted by molar-refractivity contribution is 7.99. The largest absolute Gasteiger partial charge is 0.290 e. The zero-order valence-electron chi connectivity index (χ0n) is 11.8. The minimum Gasteiger partial charge on any atom is -0.290 e. The first-order valence-corrected chi connectivity index (χ1v) is 7.44. The smallest absolute Gasteiger partial charge is 0.259 e.